The van der Waals surface area contributed by atoms with E-state index in [0.717, 1.165) is 25.3 Å². The smallest absolute Gasteiger partial charge is 0.119 e. The van der Waals surface area contributed by atoms with Crippen molar-refractivity contribution in [3.05, 3.63) is 29.8 Å². The lowest BCUT2D eigenvalue weighted by molar-refractivity contribution is 0.138. The summed E-state index contributed by atoms with van der Waals surface area (Å²) in [4.78, 5) is 2.12. The summed E-state index contributed by atoms with van der Waals surface area (Å²) in [5, 5.41) is 9.34. The van der Waals surface area contributed by atoms with Gasteiger partial charge in [-0.1, -0.05) is 38.3 Å². The molecule has 0 aliphatic carbocycles. The molecule has 0 spiro atoms. The molecule has 1 aromatic rings. The Morgan fingerprint density at radius 2 is 1.85 bits per heavy atom. The van der Waals surface area contributed by atoms with Crippen LogP contribution in [0.25, 0.3) is 0 Å². The number of aliphatic hydroxyl groups excluding tert-OH is 1. The van der Waals surface area contributed by atoms with E-state index in [0.29, 0.717) is 6.54 Å². The van der Waals surface area contributed by atoms with Gasteiger partial charge in [-0.15, -0.1) is 0 Å². The van der Waals surface area contributed by atoms with Crippen LogP contribution in [0.15, 0.2) is 24.3 Å². The van der Waals surface area contributed by atoms with Crippen LogP contribution in [0.1, 0.15) is 45.1 Å². The predicted octanol–water partition coefficient (Wildman–Crippen LogP) is 3.46. The standard InChI is InChI=1S/C17H29NO2/c1-4-5-6-7-12-20-17-10-8-16(9-11-17)14-18(3)13-15(2)19/h8-11,15,19H,4-7,12-14H2,1-3H3/t15-/m1/s1. The molecule has 1 atom stereocenters. The average Bonchev–Trinajstić information content (AvgIpc) is 2.39. The molecule has 1 aromatic carbocycles. The monoisotopic (exact) mass is 279 g/mol. The number of hydrogen-bond acceptors (Lipinski definition) is 3. The van der Waals surface area contributed by atoms with E-state index in [1.54, 1.807) is 0 Å². The van der Waals surface area contributed by atoms with E-state index in [9.17, 15) is 5.11 Å². The van der Waals surface area contributed by atoms with Crippen LogP contribution in [0, 0.1) is 0 Å². The quantitative estimate of drug-likeness (QED) is 0.666. The minimum atomic E-state index is -0.286. The van der Waals surface area contributed by atoms with Gasteiger partial charge < -0.3 is 9.84 Å². The molecule has 0 heterocycles. The number of aliphatic hydroxyl groups is 1. The summed E-state index contributed by atoms with van der Waals surface area (Å²) in [5.74, 6) is 0.948. The number of benzene rings is 1. The summed E-state index contributed by atoms with van der Waals surface area (Å²) in [6, 6.07) is 8.26. The van der Waals surface area contributed by atoms with Gasteiger partial charge >= 0.3 is 0 Å². The molecule has 0 fully saturated rings. The van der Waals surface area contributed by atoms with Gasteiger partial charge in [0.05, 0.1) is 12.7 Å². The molecular formula is C17H29NO2. The van der Waals surface area contributed by atoms with E-state index in [1.807, 2.05) is 26.1 Å². The van der Waals surface area contributed by atoms with Crippen molar-refractivity contribution >= 4 is 0 Å². The van der Waals surface area contributed by atoms with Crippen molar-refractivity contribution in [2.45, 2.75) is 52.2 Å². The van der Waals surface area contributed by atoms with Gasteiger partial charge in [-0.3, -0.25) is 4.90 Å². The summed E-state index contributed by atoms with van der Waals surface area (Å²) in [7, 11) is 2.02. The Labute approximate surface area is 123 Å². The van der Waals surface area contributed by atoms with Crippen LogP contribution in [-0.4, -0.2) is 36.3 Å². The topological polar surface area (TPSA) is 32.7 Å². The van der Waals surface area contributed by atoms with E-state index in [1.165, 1.54) is 24.8 Å². The van der Waals surface area contributed by atoms with Crippen LogP contribution in [0.5, 0.6) is 5.75 Å². The van der Waals surface area contributed by atoms with Gasteiger partial charge in [0.1, 0.15) is 5.75 Å². The summed E-state index contributed by atoms with van der Waals surface area (Å²) < 4.78 is 5.72. The predicted molar refractivity (Wildman–Crippen MR) is 84.1 cm³/mol. The minimum Gasteiger partial charge on any atom is -0.494 e. The molecule has 3 heteroatoms. The number of likely N-dealkylation sites (N-methyl/N-ethyl adjacent to an activating group) is 1. The zero-order valence-electron chi connectivity index (χ0n) is 13.1. The summed E-state index contributed by atoms with van der Waals surface area (Å²) in [5.41, 5.74) is 1.24. The maximum absolute atomic E-state index is 9.34. The Morgan fingerprint density at radius 1 is 1.15 bits per heavy atom. The van der Waals surface area contributed by atoms with Crippen molar-refractivity contribution in [3.8, 4) is 5.75 Å². The largest absolute Gasteiger partial charge is 0.494 e. The third kappa shape index (κ3) is 7.51. The van der Waals surface area contributed by atoms with Crippen molar-refractivity contribution < 1.29 is 9.84 Å². The van der Waals surface area contributed by atoms with E-state index < -0.39 is 0 Å². The Hall–Kier alpha value is -1.06. The highest BCUT2D eigenvalue weighted by molar-refractivity contribution is 5.27. The molecule has 0 unspecified atom stereocenters. The van der Waals surface area contributed by atoms with Crippen molar-refractivity contribution in [2.24, 2.45) is 0 Å². The first-order valence-electron chi connectivity index (χ1n) is 7.70. The highest BCUT2D eigenvalue weighted by Gasteiger charge is 2.04. The molecule has 114 valence electrons. The molecule has 0 radical (unpaired) electrons. The summed E-state index contributed by atoms with van der Waals surface area (Å²) in [6.45, 7) is 6.37. The highest BCUT2D eigenvalue weighted by Crippen LogP contribution is 2.14. The summed E-state index contributed by atoms with van der Waals surface area (Å²) in [6.07, 6.45) is 4.64. The lowest BCUT2D eigenvalue weighted by atomic mass is 10.2. The average molecular weight is 279 g/mol. The van der Waals surface area contributed by atoms with E-state index >= 15 is 0 Å². The first-order chi connectivity index (χ1) is 9.61. The van der Waals surface area contributed by atoms with Crippen molar-refractivity contribution in [2.75, 3.05) is 20.2 Å². The maximum atomic E-state index is 9.34. The fourth-order valence-corrected chi connectivity index (χ4v) is 2.24. The fraction of sp³-hybridized carbons (Fsp3) is 0.647. The molecule has 0 saturated carbocycles. The molecule has 0 aromatic heterocycles. The van der Waals surface area contributed by atoms with Crippen LogP contribution >= 0.6 is 0 Å². The van der Waals surface area contributed by atoms with Gasteiger partial charge in [-0.25, -0.2) is 0 Å². The van der Waals surface area contributed by atoms with Crippen LogP contribution in [-0.2, 0) is 6.54 Å². The number of unbranched alkanes of at least 4 members (excludes halogenated alkanes) is 3. The zero-order valence-corrected chi connectivity index (χ0v) is 13.1. The zero-order chi connectivity index (χ0) is 14.8. The minimum absolute atomic E-state index is 0.286. The van der Waals surface area contributed by atoms with Crippen LogP contribution in [0.4, 0.5) is 0 Å². The van der Waals surface area contributed by atoms with Gasteiger partial charge in [0.15, 0.2) is 0 Å². The van der Waals surface area contributed by atoms with Crippen molar-refractivity contribution in [1.82, 2.24) is 4.90 Å². The molecule has 0 aliphatic rings. The molecule has 0 aliphatic heterocycles. The molecule has 0 amide bonds. The van der Waals surface area contributed by atoms with Gasteiger partial charge in [0, 0.05) is 13.1 Å². The lowest BCUT2D eigenvalue weighted by Gasteiger charge is -2.18. The third-order valence-electron chi connectivity index (χ3n) is 3.22. The molecule has 3 nitrogen and oxygen atoms in total. The third-order valence-corrected chi connectivity index (χ3v) is 3.22. The van der Waals surface area contributed by atoms with Crippen LogP contribution < -0.4 is 4.74 Å². The van der Waals surface area contributed by atoms with E-state index in [-0.39, 0.29) is 6.10 Å². The second-order valence-corrected chi connectivity index (χ2v) is 5.60. The lowest BCUT2D eigenvalue weighted by Crippen LogP contribution is -2.26. The Morgan fingerprint density at radius 3 is 2.45 bits per heavy atom. The Balaban J connectivity index is 2.29. The number of ether oxygens (including phenoxy) is 1. The van der Waals surface area contributed by atoms with Crippen LogP contribution in [0.3, 0.4) is 0 Å². The van der Waals surface area contributed by atoms with E-state index in [4.69, 9.17) is 4.74 Å². The normalized spacial score (nSPS) is 12.7. The number of hydrogen-bond donors (Lipinski definition) is 1. The first kappa shape index (κ1) is 17.0. The molecule has 1 rings (SSSR count). The molecule has 0 bridgehead atoms. The maximum Gasteiger partial charge on any atom is 0.119 e. The Bertz CT molecular complexity index is 349. The van der Waals surface area contributed by atoms with Crippen molar-refractivity contribution in [3.63, 3.8) is 0 Å². The van der Waals surface area contributed by atoms with E-state index in [2.05, 4.69) is 24.0 Å². The second kappa shape index (κ2) is 9.78. The van der Waals surface area contributed by atoms with Gasteiger partial charge in [-0.2, -0.15) is 0 Å². The van der Waals surface area contributed by atoms with Gasteiger partial charge in [0.2, 0.25) is 0 Å². The highest BCUT2D eigenvalue weighted by atomic mass is 16.5. The summed E-state index contributed by atoms with van der Waals surface area (Å²) >= 11 is 0. The fourth-order valence-electron chi connectivity index (χ4n) is 2.24. The van der Waals surface area contributed by atoms with Crippen LogP contribution in [0.2, 0.25) is 0 Å². The van der Waals surface area contributed by atoms with Crippen molar-refractivity contribution in [1.29, 1.82) is 0 Å². The SMILES string of the molecule is CCCCCCOc1ccc(CN(C)C[C@@H](C)O)cc1. The molecule has 0 saturated heterocycles. The molecule has 20 heavy (non-hydrogen) atoms. The Kier molecular flexibility index (Phi) is 8.31. The molecular weight excluding hydrogens is 250 g/mol. The van der Waals surface area contributed by atoms with Gasteiger partial charge in [-0.05, 0) is 38.1 Å². The molecule has 1 N–H and O–H groups in total. The number of rotatable bonds is 10. The second-order valence-electron chi connectivity index (χ2n) is 5.60. The first-order valence-corrected chi connectivity index (χ1v) is 7.70. The number of nitrogens with zero attached hydrogens (tertiary/aromatic N) is 1. The van der Waals surface area contributed by atoms with Gasteiger partial charge in [0.25, 0.3) is 0 Å².